The van der Waals surface area contributed by atoms with Crippen LogP contribution < -0.4 is 9.46 Å². The molecule has 6 heteroatoms. The molecule has 0 amide bonds. The monoisotopic (exact) mass is 305 g/mol. The standard InChI is InChI=1S/C15H15NO4S/c1-21(18,19)16-14-8-5-9-15(13(14)10-17)20-11-12-6-3-2-4-7-12/h2-10,16H,11H2,1H3. The summed E-state index contributed by atoms with van der Waals surface area (Å²) in [5.74, 6) is 0.336. The van der Waals surface area contributed by atoms with E-state index in [-0.39, 0.29) is 11.3 Å². The van der Waals surface area contributed by atoms with Crippen LogP contribution in [0.5, 0.6) is 5.75 Å². The minimum absolute atomic E-state index is 0.179. The Hall–Kier alpha value is -2.34. The minimum atomic E-state index is -3.46. The Kier molecular flexibility index (Phi) is 4.59. The first-order valence-electron chi connectivity index (χ1n) is 6.22. The molecule has 2 rings (SSSR count). The first kappa shape index (κ1) is 15.1. The summed E-state index contributed by atoms with van der Waals surface area (Å²) in [6.45, 7) is 0.296. The molecule has 0 atom stereocenters. The lowest BCUT2D eigenvalue weighted by molar-refractivity contribution is 0.112. The van der Waals surface area contributed by atoms with Gasteiger partial charge in [-0.1, -0.05) is 36.4 Å². The van der Waals surface area contributed by atoms with Gasteiger partial charge in [0.05, 0.1) is 17.5 Å². The number of anilines is 1. The molecule has 0 aliphatic carbocycles. The quantitative estimate of drug-likeness (QED) is 0.832. The van der Waals surface area contributed by atoms with Crippen LogP contribution in [0.4, 0.5) is 5.69 Å². The van der Waals surface area contributed by atoms with Gasteiger partial charge in [0.15, 0.2) is 6.29 Å². The Morgan fingerprint density at radius 3 is 2.43 bits per heavy atom. The van der Waals surface area contributed by atoms with Crippen molar-refractivity contribution in [2.45, 2.75) is 6.61 Å². The molecular weight excluding hydrogens is 290 g/mol. The van der Waals surface area contributed by atoms with E-state index in [2.05, 4.69) is 4.72 Å². The van der Waals surface area contributed by atoms with Gasteiger partial charge in [-0.05, 0) is 17.7 Å². The van der Waals surface area contributed by atoms with Crippen molar-refractivity contribution in [3.05, 3.63) is 59.7 Å². The molecule has 0 radical (unpaired) electrons. The van der Waals surface area contributed by atoms with Crippen molar-refractivity contribution in [2.75, 3.05) is 11.0 Å². The molecule has 0 fully saturated rings. The number of sulfonamides is 1. The fourth-order valence-corrected chi connectivity index (χ4v) is 2.39. The van der Waals surface area contributed by atoms with Crippen molar-refractivity contribution >= 4 is 22.0 Å². The predicted octanol–water partition coefficient (Wildman–Crippen LogP) is 2.45. The number of carbonyl (C=O) groups excluding carboxylic acids is 1. The summed E-state index contributed by atoms with van der Waals surface area (Å²) in [6, 6.07) is 14.2. The second-order valence-corrected chi connectivity index (χ2v) is 6.23. The number of ether oxygens (including phenoxy) is 1. The fraction of sp³-hybridized carbons (Fsp3) is 0.133. The van der Waals surface area contributed by atoms with Crippen molar-refractivity contribution in [3.8, 4) is 5.75 Å². The molecule has 0 aliphatic rings. The lowest BCUT2D eigenvalue weighted by Crippen LogP contribution is -2.12. The number of carbonyl (C=O) groups is 1. The zero-order valence-corrected chi connectivity index (χ0v) is 12.3. The van der Waals surface area contributed by atoms with Crippen LogP contribution >= 0.6 is 0 Å². The third-order valence-corrected chi connectivity index (χ3v) is 3.31. The van der Waals surface area contributed by atoms with Crippen LogP contribution in [0.2, 0.25) is 0 Å². The molecule has 2 aromatic rings. The maximum Gasteiger partial charge on any atom is 0.229 e. The third-order valence-electron chi connectivity index (χ3n) is 2.72. The van der Waals surface area contributed by atoms with Crippen molar-refractivity contribution in [1.82, 2.24) is 0 Å². The second-order valence-electron chi connectivity index (χ2n) is 4.48. The van der Waals surface area contributed by atoms with Crippen molar-refractivity contribution in [3.63, 3.8) is 0 Å². The number of nitrogens with one attached hydrogen (secondary N) is 1. The van der Waals surface area contributed by atoms with E-state index in [0.717, 1.165) is 11.8 Å². The van der Waals surface area contributed by atoms with E-state index in [4.69, 9.17) is 4.74 Å². The Morgan fingerprint density at radius 2 is 1.81 bits per heavy atom. The highest BCUT2D eigenvalue weighted by molar-refractivity contribution is 7.92. The van der Waals surface area contributed by atoms with Gasteiger partial charge in [-0.15, -0.1) is 0 Å². The molecule has 0 saturated heterocycles. The zero-order valence-electron chi connectivity index (χ0n) is 11.4. The molecule has 0 heterocycles. The van der Waals surface area contributed by atoms with E-state index in [1.54, 1.807) is 12.1 Å². The summed E-state index contributed by atoms with van der Waals surface area (Å²) in [6.07, 6.45) is 1.60. The number of hydrogen-bond acceptors (Lipinski definition) is 4. The van der Waals surface area contributed by atoms with Crippen molar-refractivity contribution in [2.24, 2.45) is 0 Å². The van der Waals surface area contributed by atoms with Crippen LogP contribution in [0.1, 0.15) is 15.9 Å². The van der Waals surface area contributed by atoms with Gasteiger partial charge in [0.25, 0.3) is 0 Å². The van der Waals surface area contributed by atoms with E-state index < -0.39 is 10.0 Å². The minimum Gasteiger partial charge on any atom is -0.488 e. The molecule has 0 saturated carbocycles. The summed E-state index contributed by atoms with van der Waals surface area (Å²) < 4.78 is 30.5. The van der Waals surface area contributed by atoms with Gasteiger partial charge in [0.2, 0.25) is 10.0 Å². The number of rotatable bonds is 6. The molecule has 0 aromatic heterocycles. The maximum atomic E-state index is 11.3. The highest BCUT2D eigenvalue weighted by Gasteiger charge is 2.12. The molecular formula is C15H15NO4S. The van der Waals surface area contributed by atoms with Crippen LogP contribution in [-0.2, 0) is 16.6 Å². The second kappa shape index (κ2) is 6.41. The van der Waals surface area contributed by atoms with E-state index in [1.807, 2.05) is 30.3 Å². The molecule has 0 spiro atoms. The fourth-order valence-electron chi connectivity index (χ4n) is 1.82. The van der Waals surface area contributed by atoms with Gasteiger partial charge in [0.1, 0.15) is 12.4 Å². The van der Waals surface area contributed by atoms with Crippen LogP contribution in [0.25, 0.3) is 0 Å². The Labute approximate surface area is 123 Å². The molecule has 1 N–H and O–H groups in total. The number of hydrogen-bond donors (Lipinski definition) is 1. The molecule has 2 aromatic carbocycles. The van der Waals surface area contributed by atoms with Crippen molar-refractivity contribution in [1.29, 1.82) is 0 Å². The molecule has 21 heavy (non-hydrogen) atoms. The van der Waals surface area contributed by atoms with E-state index >= 15 is 0 Å². The Balaban J connectivity index is 2.23. The lowest BCUT2D eigenvalue weighted by atomic mass is 10.2. The summed E-state index contributed by atoms with van der Waals surface area (Å²) in [4.78, 5) is 11.2. The highest BCUT2D eigenvalue weighted by atomic mass is 32.2. The first-order chi connectivity index (χ1) is 9.99. The molecule has 0 aliphatic heterocycles. The highest BCUT2D eigenvalue weighted by Crippen LogP contribution is 2.26. The smallest absolute Gasteiger partial charge is 0.229 e. The van der Waals surface area contributed by atoms with Gasteiger partial charge in [-0.3, -0.25) is 9.52 Å². The number of benzene rings is 2. The average Bonchev–Trinajstić information content (AvgIpc) is 2.44. The van der Waals surface area contributed by atoms with Crippen LogP contribution in [-0.4, -0.2) is 21.0 Å². The van der Waals surface area contributed by atoms with Gasteiger partial charge in [0, 0.05) is 0 Å². The first-order valence-corrected chi connectivity index (χ1v) is 8.11. The van der Waals surface area contributed by atoms with Crippen molar-refractivity contribution < 1.29 is 17.9 Å². The summed E-state index contributed by atoms with van der Waals surface area (Å²) in [5.41, 5.74) is 1.34. The summed E-state index contributed by atoms with van der Waals surface area (Å²) in [5, 5.41) is 0. The topological polar surface area (TPSA) is 72.5 Å². The summed E-state index contributed by atoms with van der Waals surface area (Å²) in [7, 11) is -3.46. The molecule has 0 bridgehead atoms. The normalized spacial score (nSPS) is 10.9. The largest absolute Gasteiger partial charge is 0.488 e. The molecule has 110 valence electrons. The predicted molar refractivity (Wildman–Crippen MR) is 81.1 cm³/mol. The van der Waals surface area contributed by atoms with Crippen LogP contribution in [0.3, 0.4) is 0 Å². The van der Waals surface area contributed by atoms with Gasteiger partial charge in [-0.25, -0.2) is 8.42 Å². The Morgan fingerprint density at radius 1 is 1.10 bits per heavy atom. The van der Waals surface area contributed by atoms with Gasteiger partial charge < -0.3 is 4.74 Å². The van der Waals surface area contributed by atoms with Gasteiger partial charge >= 0.3 is 0 Å². The molecule has 5 nitrogen and oxygen atoms in total. The van der Waals surface area contributed by atoms with E-state index in [9.17, 15) is 13.2 Å². The lowest BCUT2D eigenvalue weighted by Gasteiger charge is -2.12. The third kappa shape index (κ3) is 4.32. The average molecular weight is 305 g/mol. The van der Waals surface area contributed by atoms with Crippen LogP contribution in [0.15, 0.2) is 48.5 Å². The van der Waals surface area contributed by atoms with E-state index in [0.29, 0.717) is 18.6 Å². The zero-order chi connectivity index (χ0) is 15.3. The van der Waals surface area contributed by atoms with Crippen LogP contribution in [0, 0.1) is 0 Å². The summed E-state index contributed by atoms with van der Waals surface area (Å²) >= 11 is 0. The number of aldehydes is 1. The molecule has 0 unspecified atom stereocenters. The van der Waals surface area contributed by atoms with Gasteiger partial charge in [-0.2, -0.15) is 0 Å². The van der Waals surface area contributed by atoms with E-state index in [1.165, 1.54) is 6.07 Å². The SMILES string of the molecule is CS(=O)(=O)Nc1cccc(OCc2ccccc2)c1C=O. The Bertz CT molecular complexity index is 727. The maximum absolute atomic E-state index is 11.3.